The molecule has 1 rings (SSSR count). The first-order valence-corrected chi connectivity index (χ1v) is 4.99. The van der Waals surface area contributed by atoms with Gasteiger partial charge in [-0.1, -0.05) is 6.07 Å². The average molecular weight is 210 g/mol. The van der Waals surface area contributed by atoms with Gasteiger partial charge >= 0.3 is 0 Å². The van der Waals surface area contributed by atoms with Crippen molar-refractivity contribution in [2.45, 2.75) is 13.0 Å². The van der Waals surface area contributed by atoms with Crippen LogP contribution in [0.4, 0.5) is 0 Å². The van der Waals surface area contributed by atoms with Crippen molar-refractivity contribution in [1.29, 1.82) is 0 Å². The molecule has 1 unspecified atom stereocenters. The first-order chi connectivity index (χ1) is 7.22. The summed E-state index contributed by atoms with van der Waals surface area (Å²) in [6, 6.07) is 5.47. The highest BCUT2D eigenvalue weighted by atomic mass is 16.5. The Morgan fingerprint density at radius 1 is 1.33 bits per heavy atom. The van der Waals surface area contributed by atoms with E-state index in [0.29, 0.717) is 18.9 Å². The van der Waals surface area contributed by atoms with Crippen LogP contribution in [0.15, 0.2) is 18.2 Å². The Bertz CT molecular complexity index is 315. The Morgan fingerprint density at radius 2 is 2.07 bits per heavy atom. The van der Waals surface area contributed by atoms with Crippen LogP contribution in [0.5, 0.6) is 11.5 Å². The number of nitrogens with two attached hydrogens (primary N) is 2. The SMILES string of the molecule is CCOc1ccc(C(N)CN)cc1OC. The zero-order chi connectivity index (χ0) is 11.3. The van der Waals surface area contributed by atoms with Crippen molar-refractivity contribution in [2.24, 2.45) is 11.5 Å². The molecule has 0 radical (unpaired) electrons. The molecule has 4 N–H and O–H groups in total. The molecule has 0 heterocycles. The van der Waals surface area contributed by atoms with Crippen LogP contribution in [0, 0.1) is 0 Å². The molecule has 0 aliphatic carbocycles. The van der Waals surface area contributed by atoms with Gasteiger partial charge in [-0.05, 0) is 24.6 Å². The van der Waals surface area contributed by atoms with Crippen LogP contribution in [0.3, 0.4) is 0 Å². The molecule has 0 saturated heterocycles. The summed E-state index contributed by atoms with van der Waals surface area (Å²) in [5.74, 6) is 1.42. The maximum Gasteiger partial charge on any atom is 0.161 e. The molecule has 0 aliphatic heterocycles. The maximum atomic E-state index is 5.82. The van der Waals surface area contributed by atoms with Crippen molar-refractivity contribution < 1.29 is 9.47 Å². The van der Waals surface area contributed by atoms with Gasteiger partial charge in [-0.2, -0.15) is 0 Å². The van der Waals surface area contributed by atoms with Crippen molar-refractivity contribution in [2.75, 3.05) is 20.3 Å². The van der Waals surface area contributed by atoms with E-state index in [-0.39, 0.29) is 6.04 Å². The molecule has 0 amide bonds. The predicted molar refractivity (Wildman–Crippen MR) is 60.1 cm³/mol. The van der Waals surface area contributed by atoms with Gasteiger partial charge in [0.1, 0.15) is 0 Å². The molecule has 1 aromatic rings. The minimum Gasteiger partial charge on any atom is -0.493 e. The molecule has 0 aliphatic rings. The van der Waals surface area contributed by atoms with Crippen LogP contribution in [-0.4, -0.2) is 20.3 Å². The number of rotatable bonds is 5. The molecule has 84 valence electrons. The second-order valence-electron chi connectivity index (χ2n) is 3.19. The van der Waals surface area contributed by atoms with Crippen molar-refractivity contribution in [1.82, 2.24) is 0 Å². The quantitative estimate of drug-likeness (QED) is 0.762. The molecule has 4 nitrogen and oxygen atoms in total. The van der Waals surface area contributed by atoms with Crippen LogP contribution in [0.25, 0.3) is 0 Å². The van der Waals surface area contributed by atoms with Crippen LogP contribution in [0.1, 0.15) is 18.5 Å². The normalized spacial score (nSPS) is 12.3. The highest BCUT2D eigenvalue weighted by Crippen LogP contribution is 2.29. The Morgan fingerprint density at radius 3 is 2.60 bits per heavy atom. The zero-order valence-corrected chi connectivity index (χ0v) is 9.19. The van der Waals surface area contributed by atoms with E-state index in [4.69, 9.17) is 20.9 Å². The summed E-state index contributed by atoms with van der Waals surface area (Å²) in [6.07, 6.45) is 0. The van der Waals surface area contributed by atoms with E-state index >= 15 is 0 Å². The Balaban J connectivity index is 2.96. The van der Waals surface area contributed by atoms with Gasteiger partial charge in [0.05, 0.1) is 13.7 Å². The van der Waals surface area contributed by atoms with Crippen molar-refractivity contribution in [3.63, 3.8) is 0 Å². The number of methoxy groups -OCH3 is 1. The van der Waals surface area contributed by atoms with Gasteiger partial charge in [-0.25, -0.2) is 0 Å². The van der Waals surface area contributed by atoms with Gasteiger partial charge in [0.2, 0.25) is 0 Å². The lowest BCUT2D eigenvalue weighted by Gasteiger charge is -2.13. The molecule has 1 atom stereocenters. The third kappa shape index (κ3) is 2.84. The molecule has 15 heavy (non-hydrogen) atoms. The third-order valence-corrected chi connectivity index (χ3v) is 2.17. The van der Waals surface area contributed by atoms with Crippen LogP contribution in [0.2, 0.25) is 0 Å². The summed E-state index contributed by atoms with van der Waals surface area (Å²) >= 11 is 0. The van der Waals surface area contributed by atoms with Gasteiger partial charge in [0.25, 0.3) is 0 Å². The fourth-order valence-corrected chi connectivity index (χ4v) is 1.33. The molecule has 1 aromatic carbocycles. The number of hydrogen-bond donors (Lipinski definition) is 2. The van der Waals surface area contributed by atoms with E-state index in [0.717, 1.165) is 11.3 Å². The average Bonchev–Trinajstić information content (AvgIpc) is 2.29. The van der Waals surface area contributed by atoms with Crippen molar-refractivity contribution in [3.8, 4) is 11.5 Å². The molecule has 0 aromatic heterocycles. The van der Waals surface area contributed by atoms with E-state index in [2.05, 4.69) is 0 Å². The summed E-state index contributed by atoms with van der Waals surface area (Å²) in [5, 5.41) is 0. The molecule has 0 saturated carbocycles. The van der Waals surface area contributed by atoms with Gasteiger partial charge < -0.3 is 20.9 Å². The van der Waals surface area contributed by atoms with Gasteiger partial charge in [0.15, 0.2) is 11.5 Å². The minimum atomic E-state index is -0.158. The third-order valence-electron chi connectivity index (χ3n) is 2.17. The largest absolute Gasteiger partial charge is 0.493 e. The molecule has 4 heteroatoms. The second-order valence-corrected chi connectivity index (χ2v) is 3.19. The fraction of sp³-hybridized carbons (Fsp3) is 0.455. The van der Waals surface area contributed by atoms with Crippen LogP contribution >= 0.6 is 0 Å². The first-order valence-electron chi connectivity index (χ1n) is 4.99. The lowest BCUT2D eigenvalue weighted by molar-refractivity contribution is 0.310. The topological polar surface area (TPSA) is 70.5 Å². The highest BCUT2D eigenvalue weighted by Gasteiger charge is 2.09. The van der Waals surface area contributed by atoms with E-state index in [1.165, 1.54) is 0 Å². The molecule has 0 fully saturated rings. The molecular formula is C11H18N2O2. The monoisotopic (exact) mass is 210 g/mol. The smallest absolute Gasteiger partial charge is 0.161 e. The number of benzene rings is 1. The summed E-state index contributed by atoms with van der Waals surface area (Å²) in [6.45, 7) is 2.95. The van der Waals surface area contributed by atoms with Crippen molar-refractivity contribution in [3.05, 3.63) is 23.8 Å². The van der Waals surface area contributed by atoms with E-state index in [1.807, 2.05) is 25.1 Å². The van der Waals surface area contributed by atoms with E-state index in [1.54, 1.807) is 7.11 Å². The lowest BCUT2D eigenvalue weighted by Crippen LogP contribution is -2.20. The van der Waals surface area contributed by atoms with Gasteiger partial charge in [0, 0.05) is 12.6 Å². The minimum absolute atomic E-state index is 0.158. The lowest BCUT2D eigenvalue weighted by atomic mass is 10.1. The molecule has 0 bridgehead atoms. The predicted octanol–water partition coefficient (Wildman–Crippen LogP) is 1.05. The molecular weight excluding hydrogens is 192 g/mol. The Hall–Kier alpha value is -1.26. The summed E-state index contributed by atoms with van der Waals surface area (Å²) < 4.78 is 10.6. The standard InChI is InChI=1S/C11H18N2O2/c1-3-15-10-5-4-8(9(13)7-12)6-11(10)14-2/h4-6,9H,3,7,12-13H2,1-2H3. The summed E-state index contributed by atoms with van der Waals surface area (Å²) in [7, 11) is 1.61. The number of hydrogen-bond acceptors (Lipinski definition) is 4. The first kappa shape index (κ1) is 11.8. The second kappa shape index (κ2) is 5.58. The van der Waals surface area contributed by atoms with Crippen LogP contribution in [-0.2, 0) is 0 Å². The van der Waals surface area contributed by atoms with Crippen LogP contribution < -0.4 is 20.9 Å². The number of ether oxygens (including phenoxy) is 2. The zero-order valence-electron chi connectivity index (χ0n) is 9.19. The van der Waals surface area contributed by atoms with E-state index < -0.39 is 0 Å². The summed E-state index contributed by atoms with van der Waals surface area (Å²) in [4.78, 5) is 0. The highest BCUT2D eigenvalue weighted by molar-refractivity contribution is 5.43. The maximum absolute atomic E-state index is 5.82. The van der Waals surface area contributed by atoms with E-state index in [9.17, 15) is 0 Å². The summed E-state index contributed by atoms with van der Waals surface area (Å²) in [5.41, 5.74) is 12.3. The Kier molecular flexibility index (Phi) is 4.39. The van der Waals surface area contributed by atoms with Gasteiger partial charge in [-0.3, -0.25) is 0 Å². The fourth-order valence-electron chi connectivity index (χ4n) is 1.33. The van der Waals surface area contributed by atoms with Gasteiger partial charge in [-0.15, -0.1) is 0 Å². The Labute approximate surface area is 90.2 Å². The molecule has 0 spiro atoms. The van der Waals surface area contributed by atoms with Crippen molar-refractivity contribution >= 4 is 0 Å².